The van der Waals surface area contributed by atoms with E-state index in [1.807, 2.05) is 36.4 Å². The molecule has 2 nitrogen and oxygen atoms in total. The minimum Gasteiger partial charge on any atom is -0.389 e. The van der Waals surface area contributed by atoms with Crippen LogP contribution in [0.4, 0.5) is 0 Å². The van der Waals surface area contributed by atoms with Gasteiger partial charge in [0, 0.05) is 11.8 Å². The molecule has 3 aliphatic carbocycles. The van der Waals surface area contributed by atoms with Gasteiger partial charge in [-0.15, -0.1) is 0 Å². The van der Waals surface area contributed by atoms with Crippen molar-refractivity contribution in [3.8, 4) is 0 Å². The number of allylic oxidation sites excluding steroid dienone is 2. The molecule has 2 heteroatoms. The number of benzene rings is 1. The minimum absolute atomic E-state index is 0.185. The first-order valence-corrected chi connectivity index (χ1v) is 7.07. The molecule has 19 heavy (non-hydrogen) atoms. The Morgan fingerprint density at radius 3 is 2.32 bits per heavy atom. The molecule has 6 atom stereocenters. The normalized spacial score (nSPS) is 43.2. The van der Waals surface area contributed by atoms with Gasteiger partial charge in [-0.05, 0) is 35.5 Å². The molecule has 1 aromatic rings. The molecule has 2 bridgehead atoms. The van der Waals surface area contributed by atoms with Gasteiger partial charge in [-0.25, -0.2) is 0 Å². The van der Waals surface area contributed by atoms with Gasteiger partial charge in [-0.3, -0.25) is 0 Å². The zero-order valence-corrected chi connectivity index (χ0v) is 10.7. The maximum Gasteiger partial charge on any atom is 0.0831 e. The summed E-state index contributed by atoms with van der Waals surface area (Å²) in [4.78, 5) is 0. The van der Waals surface area contributed by atoms with Crippen LogP contribution in [0.5, 0.6) is 0 Å². The summed E-state index contributed by atoms with van der Waals surface area (Å²) in [5.41, 5.74) is 1.93. The van der Waals surface area contributed by atoms with Gasteiger partial charge in [0.1, 0.15) is 0 Å². The Balaban J connectivity index is 1.76. The molecular weight excluding hydrogens is 236 g/mol. The van der Waals surface area contributed by atoms with Crippen LogP contribution in [0.2, 0.25) is 0 Å². The van der Waals surface area contributed by atoms with Gasteiger partial charge < -0.3 is 10.2 Å². The SMILES string of the molecule is O[C@@H]1C(c2ccccc2)=C[C@H](O)[C@H]2[C@@H]1[C@H]1C=C[C@@H]2C1. The van der Waals surface area contributed by atoms with E-state index in [2.05, 4.69) is 12.2 Å². The predicted octanol–water partition coefficient (Wildman–Crippen LogP) is 2.24. The third kappa shape index (κ3) is 1.57. The van der Waals surface area contributed by atoms with E-state index in [4.69, 9.17) is 0 Å². The van der Waals surface area contributed by atoms with Crippen molar-refractivity contribution < 1.29 is 10.2 Å². The average molecular weight is 254 g/mol. The van der Waals surface area contributed by atoms with Gasteiger partial charge in [-0.1, -0.05) is 42.5 Å². The molecule has 98 valence electrons. The molecule has 0 unspecified atom stereocenters. The summed E-state index contributed by atoms with van der Waals surface area (Å²) >= 11 is 0. The minimum atomic E-state index is -0.448. The van der Waals surface area contributed by atoms with E-state index in [1.54, 1.807) is 0 Å². The second kappa shape index (κ2) is 4.06. The zero-order valence-electron chi connectivity index (χ0n) is 10.7. The molecule has 0 saturated heterocycles. The van der Waals surface area contributed by atoms with Crippen LogP contribution in [0.15, 0.2) is 48.6 Å². The van der Waals surface area contributed by atoms with Gasteiger partial charge in [-0.2, -0.15) is 0 Å². The summed E-state index contributed by atoms with van der Waals surface area (Å²) in [6.45, 7) is 0. The fourth-order valence-electron chi connectivity index (χ4n) is 4.32. The van der Waals surface area contributed by atoms with Crippen molar-refractivity contribution in [1.82, 2.24) is 0 Å². The molecule has 0 amide bonds. The highest BCUT2D eigenvalue weighted by molar-refractivity contribution is 5.71. The van der Waals surface area contributed by atoms with Crippen LogP contribution in [-0.4, -0.2) is 22.4 Å². The number of hydrogen-bond donors (Lipinski definition) is 2. The van der Waals surface area contributed by atoms with Crippen molar-refractivity contribution in [2.45, 2.75) is 18.6 Å². The maximum atomic E-state index is 10.7. The van der Waals surface area contributed by atoms with Crippen molar-refractivity contribution in [2.75, 3.05) is 0 Å². The molecular formula is C17H18O2. The lowest BCUT2D eigenvalue weighted by molar-refractivity contribution is 0.0338. The smallest absolute Gasteiger partial charge is 0.0831 e. The zero-order chi connectivity index (χ0) is 13.0. The van der Waals surface area contributed by atoms with Gasteiger partial charge in [0.25, 0.3) is 0 Å². The van der Waals surface area contributed by atoms with Gasteiger partial charge in [0.15, 0.2) is 0 Å². The topological polar surface area (TPSA) is 40.5 Å². The van der Waals surface area contributed by atoms with E-state index in [0.29, 0.717) is 11.8 Å². The predicted molar refractivity (Wildman–Crippen MR) is 74.1 cm³/mol. The molecule has 0 aromatic heterocycles. The van der Waals surface area contributed by atoms with E-state index in [0.717, 1.165) is 17.6 Å². The first-order chi connectivity index (χ1) is 9.25. The fourth-order valence-corrected chi connectivity index (χ4v) is 4.32. The lowest BCUT2D eigenvalue weighted by Gasteiger charge is -2.39. The molecule has 1 aromatic carbocycles. The summed E-state index contributed by atoms with van der Waals surface area (Å²) in [5.74, 6) is 1.28. The van der Waals surface area contributed by atoms with Gasteiger partial charge in [0.2, 0.25) is 0 Å². The summed E-state index contributed by atoms with van der Waals surface area (Å²) in [6.07, 6.45) is 6.55. The Morgan fingerprint density at radius 1 is 0.895 bits per heavy atom. The van der Waals surface area contributed by atoms with Crippen LogP contribution < -0.4 is 0 Å². The molecule has 0 radical (unpaired) electrons. The Labute approximate surface area is 113 Å². The lowest BCUT2D eigenvalue weighted by atomic mass is 9.69. The van der Waals surface area contributed by atoms with Crippen molar-refractivity contribution >= 4 is 5.57 Å². The van der Waals surface area contributed by atoms with Crippen LogP contribution in [0.25, 0.3) is 5.57 Å². The molecule has 3 aliphatic rings. The molecule has 0 aliphatic heterocycles. The summed E-state index contributed by atoms with van der Waals surface area (Å²) in [7, 11) is 0. The van der Waals surface area contributed by atoms with Gasteiger partial charge in [0.05, 0.1) is 12.2 Å². The first-order valence-electron chi connectivity index (χ1n) is 7.07. The molecule has 1 saturated carbocycles. The Kier molecular flexibility index (Phi) is 2.44. The van der Waals surface area contributed by atoms with E-state index in [9.17, 15) is 10.2 Å². The number of fused-ring (bicyclic) bond motifs is 5. The standard InChI is InChI=1S/C17H18O2/c18-14-9-13(10-4-2-1-3-5-10)17(19)16-12-7-6-11(8-12)15(14)16/h1-7,9,11-12,14-19H,8H2/t11-,12+,14+,15+,16+,17-/m1/s1. The van der Waals surface area contributed by atoms with E-state index in [1.165, 1.54) is 0 Å². The quantitative estimate of drug-likeness (QED) is 0.755. The van der Waals surface area contributed by atoms with Crippen LogP contribution in [0, 0.1) is 23.7 Å². The average Bonchev–Trinajstić information content (AvgIpc) is 3.05. The van der Waals surface area contributed by atoms with E-state index >= 15 is 0 Å². The van der Waals surface area contributed by atoms with Crippen LogP contribution in [-0.2, 0) is 0 Å². The first kappa shape index (κ1) is 11.4. The second-order valence-electron chi connectivity index (χ2n) is 6.03. The third-order valence-electron chi connectivity index (χ3n) is 5.12. The summed E-state index contributed by atoms with van der Waals surface area (Å²) < 4.78 is 0. The fraction of sp³-hybridized carbons (Fsp3) is 0.412. The van der Waals surface area contributed by atoms with E-state index in [-0.39, 0.29) is 11.8 Å². The highest BCUT2D eigenvalue weighted by Gasteiger charge is 2.52. The molecule has 2 N–H and O–H groups in total. The van der Waals surface area contributed by atoms with E-state index < -0.39 is 12.2 Å². The van der Waals surface area contributed by atoms with Crippen molar-refractivity contribution in [2.24, 2.45) is 23.7 Å². The molecule has 4 rings (SSSR count). The van der Waals surface area contributed by atoms with Crippen molar-refractivity contribution in [1.29, 1.82) is 0 Å². The molecule has 0 spiro atoms. The third-order valence-corrected chi connectivity index (χ3v) is 5.12. The number of aliphatic hydroxyl groups is 2. The summed E-state index contributed by atoms with van der Waals surface area (Å²) in [6, 6.07) is 9.93. The van der Waals surface area contributed by atoms with Crippen LogP contribution >= 0.6 is 0 Å². The van der Waals surface area contributed by atoms with Crippen LogP contribution in [0.3, 0.4) is 0 Å². The van der Waals surface area contributed by atoms with Crippen LogP contribution in [0.1, 0.15) is 12.0 Å². The van der Waals surface area contributed by atoms with Gasteiger partial charge >= 0.3 is 0 Å². The van der Waals surface area contributed by atoms with Crippen molar-refractivity contribution in [3.05, 3.63) is 54.1 Å². The highest BCUT2D eigenvalue weighted by Crippen LogP contribution is 2.54. The largest absolute Gasteiger partial charge is 0.389 e. The number of aliphatic hydroxyl groups excluding tert-OH is 2. The number of rotatable bonds is 1. The Bertz CT molecular complexity index is 546. The molecule has 0 heterocycles. The second-order valence-corrected chi connectivity index (χ2v) is 6.03. The lowest BCUT2D eigenvalue weighted by Crippen LogP contribution is -2.41. The highest BCUT2D eigenvalue weighted by atomic mass is 16.3. The Morgan fingerprint density at radius 2 is 1.58 bits per heavy atom. The van der Waals surface area contributed by atoms with Crippen molar-refractivity contribution in [3.63, 3.8) is 0 Å². The monoisotopic (exact) mass is 254 g/mol. The number of hydrogen-bond acceptors (Lipinski definition) is 2. The Hall–Kier alpha value is -1.38. The molecule has 1 fully saturated rings. The summed E-state index contributed by atoms with van der Waals surface area (Å²) in [5, 5.41) is 21.1. The maximum absolute atomic E-state index is 10.7.